The van der Waals surface area contributed by atoms with Crippen molar-refractivity contribution in [1.82, 2.24) is 9.62 Å². The molecule has 0 spiro atoms. The highest BCUT2D eigenvalue weighted by Gasteiger charge is 2.29. The number of carbonyl (C=O) groups excluding carboxylic acids is 1. The van der Waals surface area contributed by atoms with Crippen LogP contribution in [0.3, 0.4) is 0 Å². The van der Waals surface area contributed by atoms with Crippen LogP contribution in [0.2, 0.25) is 0 Å². The topological polar surface area (TPSA) is 92.5 Å². The molecule has 6 nitrogen and oxygen atoms in total. The van der Waals surface area contributed by atoms with E-state index in [1.165, 1.54) is 0 Å². The van der Waals surface area contributed by atoms with Gasteiger partial charge in [0.25, 0.3) is 0 Å². The molecule has 1 amide bonds. The van der Waals surface area contributed by atoms with E-state index >= 15 is 0 Å². The summed E-state index contributed by atoms with van der Waals surface area (Å²) < 4.78 is 26.2. The monoisotopic (exact) mass is 355 g/mol. The van der Waals surface area contributed by atoms with Crippen LogP contribution in [0.1, 0.15) is 46.5 Å². The summed E-state index contributed by atoms with van der Waals surface area (Å²) in [5.41, 5.74) is 5.98. The Morgan fingerprint density at radius 1 is 1.32 bits per heavy atom. The number of likely N-dealkylation sites (tertiary alicyclic amines) is 1. The van der Waals surface area contributed by atoms with Crippen molar-refractivity contribution in [3.8, 4) is 0 Å². The lowest BCUT2D eigenvalue weighted by Crippen LogP contribution is -2.52. The first-order chi connectivity index (χ1) is 9.80. The predicted molar refractivity (Wildman–Crippen MR) is 91.5 cm³/mol. The van der Waals surface area contributed by atoms with Gasteiger partial charge in [0.1, 0.15) is 0 Å². The van der Waals surface area contributed by atoms with Gasteiger partial charge in [-0.1, -0.05) is 27.2 Å². The highest BCUT2D eigenvalue weighted by molar-refractivity contribution is 7.89. The zero-order valence-corrected chi connectivity index (χ0v) is 15.4. The summed E-state index contributed by atoms with van der Waals surface area (Å²) in [6.07, 6.45) is 2.79. The molecule has 1 aliphatic heterocycles. The average molecular weight is 356 g/mol. The Labute approximate surface area is 140 Å². The lowest BCUT2D eigenvalue weighted by Gasteiger charge is -2.34. The van der Waals surface area contributed by atoms with E-state index in [0.29, 0.717) is 32.4 Å². The fraction of sp³-hybridized carbons (Fsp3) is 0.929. The van der Waals surface area contributed by atoms with Gasteiger partial charge in [-0.15, -0.1) is 12.4 Å². The van der Waals surface area contributed by atoms with Crippen LogP contribution < -0.4 is 10.5 Å². The third kappa shape index (κ3) is 6.40. The maximum atomic E-state index is 12.3. The van der Waals surface area contributed by atoms with Crippen molar-refractivity contribution in [2.75, 3.05) is 18.8 Å². The fourth-order valence-corrected chi connectivity index (χ4v) is 3.91. The maximum absolute atomic E-state index is 12.3. The third-order valence-corrected chi connectivity index (χ3v) is 5.81. The molecule has 8 heteroatoms. The molecule has 1 saturated heterocycles. The number of carbonyl (C=O) groups is 1. The summed E-state index contributed by atoms with van der Waals surface area (Å²) in [5.74, 6) is 0.308. The first-order valence-corrected chi connectivity index (χ1v) is 9.50. The van der Waals surface area contributed by atoms with Gasteiger partial charge in [-0.25, -0.2) is 13.1 Å². The Morgan fingerprint density at radius 3 is 2.32 bits per heavy atom. The van der Waals surface area contributed by atoms with Gasteiger partial charge in [-0.2, -0.15) is 0 Å². The minimum absolute atomic E-state index is 0. The van der Waals surface area contributed by atoms with Crippen LogP contribution in [-0.2, 0) is 14.8 Å². The Hall–Kier alpha value is -0.370. The molecule has 2 unspecified atom stereocenters. The van der Waals surface area contributed by atoms with Crippen LogP contribution in [0.4, 0.5) is 0 Å². The minimum atomic E-state index is -3.18. The molecule has 0 aromatic heterocycles. The quantitative estimate of drug-likeness (QED) is 0.715. The smallest absolute Gasteiger partial charge is 0.239 e. The predicted octanol–water partition coefficient (Wildman–Crippen LogP) is 1.10. The van der Waals surface area contributed by atoms with Crippen LogP contribution in [0, 0.1) is 5.92 Å². The van der Waals surface area contributed by atoms with Gasteiger partial charge in [0.05, 0.1) is 11.8 Å². The number of nitrogens with one attached hydrogen (secondary N) is 1. The van der Waals surface area contributed by atoms with E-state index in [-0.39, 0.29) is 36.0 Å². The molecule has 0 aromatic carbocycles. The van der Waals surface area contributed by atoms with E-state index in [0.717, 1.165) is 6.42 Å². The molecule has 2 atom stereocenters. The Bertz CT molecular complexity index is 437. The summed E-state index contributed by atoms with van der Waals surface area (Å²) in [7, 11) is -3.18. The van der Waals surface area contributed by atoms with E-state index < -0.39 is 16.1 Å². The zero-order valence-electron chi connectivity index (χ0n) is 13.7. The average Bonchev–Trinajstić information content (AvgIpc) is 2.45. The molecule has 1 aliphatic rings. The highest BCUT2D eigenvalue weighted by atomic mass is 35.5. The molecule has 1 fully saturated rings. The molecule has 0 bridgehead atoms. The van der Waals surface area contributed by atoms with Crippen molar-refractivity contribution in [2.24, 2.45) is 11.7 Å². The fourth-order valence-electron chi connectivity index (χ4n) is 2.51. The molecule has 0 aromatic rings. The Kier molecular flexibility index (Phi) is 9.54. The van der Waals surface area contributed by atoms with Gasteiger partial charge in [0.2, 0.25) is 15.9 Å². The van der Waals surface area contributed by atoms with E-state index in [1.54, 1.807) is 4.90 Å². The summed E-state index contributed by atoms with van der Waals surface area (Å²) in [4.78, 5) is 14.0. The van der Waals surface area contributed by atoms with Gasteiger partial charge in [0, 0.05) is 19.1 Å². The Morgan fingerprint density at radius 2 is 1.86 bits per heavy atom. The maximum Gasteiger partial charge on any atom is 0.239 e. The number of nitrogens with two attached hydrogens (primary N) is 1. The van der Waals surface area contributed by atoms with Crippen molar-refractivity contribution < 1.29 is 13.2 Å². The SMILES string of the molecule is CCCS(=O)(=O)NC1CCN(C(=O)C(N)C(C)CC)CC1.Cl. The summed E-state index contributed by atoms with van der Waals surface area (Å²) in [6.45, 7) is 6.99. The van der Waals surface area contributed by atoms with E-state index in [1.807, 2.05) is 20.8 Å². The number of amides is 1. The molecule has 22 heavy (non-hydrogen) atoms. The minimum Gasteiger partial charge on any atom is -0.341 e. The van der Waals surface area contributed by atoms with Gasteiger partial charge in [-0.3, -0.25) is 4.79 Å². The van der Waals surface area contributed by atoms with E-state index in [2.05, 4.69) is 4.72 Å². The van der Waals surface area contributed by atoms with Crippen molar-refractivity contribution in [3.63, 3.8) is 0 Å². The van der Waals surface area contributed by atoms with Gasteiger partial charge < -0.3 is 10.6 Å². The van der Waals surface area contributed by atoms with E-state index in [9.17, 15) is 13.2 Å². The second-order valence-electron chi connectivity index (χ2n) is 5.95. The number of nitrogens with zero attached hydrogens (tertiary/aromatic N) is 1. The van der Waals surface area contributed by atoms with Crippen LogP contribution in [-0.4, -0.2) is 50.2 Å². The largest absolute Gasteiger partial charge is 0.341 e. The molecular weight excluding hydrogens is 326 g/mol. The first-order valence-electron chi connectivity index (χ1n) is 7.85. The number of sulfonamides is 1. The summed E-state index contributed by atoms with van der Waals surface area (Å²) >= 11 is 0. The molecule has 0 aliphatic carbocycles. The Balaban J connectivity index is 0.00000441. The van der Waals surface area contributed by atoms with Crippen molar-refractivity contribution in [2.45, 2.75) is 58.5 Å². The van der Waals surface area contributed by atoms with Crippen LogP contribution in [0.25, 0.3) is 0 Å². The van der Waals surface area contributed by atoms with Crippen LogP contribution in [0.15, 0.2) is 0 Å². The molecule has 1 heterocycles. The second kappa shape index (κ2) is 9.70. The van der Waals surface area contributed by atoms with Crippen molar-refractivity contribution >= 4 is 28.3 Å². The number of hydrogen-bond acceptors (Lipinski definition) is 4. The zero-order chi connectivity index (χ0) is 16.0. The molecular formula is C14H30ClN3O3S. The van der Waals surface area contributed by atoms with Gasteiger partial charge in [0.15, 0.2) is 0 Å². The number of hydrogen-bond donors (Lipinski definition) is 2. The highest BCUT2D eigenvalue weighted by Crippen LogP contribution is 2.15. The molecule has 132 valence electrons. The normalized spacial score (nSPS) is 19.4. The molecule has 0 saturated carbocycles. The lowest BCUT2D eigenvalue weighted by molar-refractivity contribution is -0.134. The van der Waals surface area contributed by atoms with Crippen LogP contribution >= 0.6 is 12.4 Å². The van der Waals surface area contributed by atoms with Gasteiger partial charge >= 0.3 is 0 Å². The summed E-state index contributed by atoms with van der Waals surface area (Å²) in [5, 5.41) is 0. The van der Waals surface area contributed by atoms with E-state index in [4.69, 9.17) is 5.73 Å². The standard InChI is InChI=1S/C14H29N3O3S.ClH/c1-4-10-21(19,20)16-12-6-8-17(9-7-12)14(18)13(15)11(3)5-2;/h11-13,16H,4-10,15H2,1-3H3;1H. The van der Waals surface area contributed by atoms with Crippen LogP contribution in [0.5, 0.6) is 0 Å². The number of halogens is 1. The second-order valence-corrected chi connectivity index (χ2v) is 7.82. The first kappa shape index (κ1) is 21.6. The van der Waals surface area contributed by atoms with Crippen molar-refractivity contribution in [3.05, 3.63) is 0 Å². The summed E-state index contributed by atoms with van der Waals surface area (Å²) in [6, 6.07) is -0.520. The molecule has 1 rings (SSSR count). The molecule has 3 N–H and O–H groups in total. The van der Waals surface area contributed by atoms with Crippen molar-refractivity contribution in [1.29, 1.82) is 0 Å². The third-order valence-electron chi connectivity index (χ3n) is 4.17. The lowest BCUT2D eigenvalue weighted by atomic mass is 9.97. The number of piperidine rings is 1. The van der Waals surface area contributed by atoms with Gasteiger partial charge in [-0.05, 0) is 25.2 Å². The number of rotatable bonds is 7. The molecule has 0 radical (unpaired) electrons.